The Morgan fingerprint density at radius 1 is 0.536 bits per heavy atom. The molecule has 0 radical (unpaired) electrons. The van der Waals surface area contributed by atoms with E-state index in [2.05, 4.69) is 12.8 Å². The summed E-state index contributed by atoms with van der Waals surface area (Å²) in [5.74, 6) is 4.32. The number of hydrogen-bond acceptors (Lipinski definition) is 0. The van der Waals surface area contributed by atoms with Crippen molar-refractivity contribution < 1.29 is 169 Å². The first kappa shape index (κ1) is 54.4. The summed E-state index contributed by atoms with van der Waals surface area (Å²) in [4.78, 5) is 0. The Kier molecular flexibility index (Phi) is 72.0. The van der Waals surface area contributed by atoms with Crippen LogP contribution in [0.5, 0.6) is 0 Å². The number of fused-ring (bicyclic) bond motifs is 4. The van der Waals surface area contributed by atoms with Gasteiger partial charge in [-0.25, -0.2) is 0 Å². The molecule has 164 valence electrons. The van der Waals surface area contributed by atoms with Gasteiger partial charge >= 0.3 is 42.1 Å². The molecule has 0 aromatic rings. The Bertz CT molecular complexity index is 184. The second-order valence-electron chi connectivity index (χ2n) is 6.98. The predicted octanol–water partition coefficient (Wildman–Crippen LogP) is 6.46. The quantitative estimate of drug-likeness (QED) is 0.245. The van der Waals surface area contributed by atoms with E-state index in [1.807, 2.05) is 40.5 Å². The Morgan fingerprint density at radius 3 is 0.821 bits per heavy atom. The topological polar surface area (TPSA) is 0 Å². The number of hydrogen-bond donors (Lipinski definition) is 0. The van der Waals surface area contributed by atoms with Crippen molar-refractivity contribution in [1.82, 2.24) is 0 Å². The van der Waals surface area contributed by atoms with Crippen LogP contribution in [0.3, 0.4) is 0 Å². The van der Waals surface area contributed by atoms with Crippen molar-refractivity contribution in [3.8, 4) is 0 Å². The monoisotopic (exact) mass is 1750 g/mol. The van der Waals surface area contributed by atoms with E-state index < -0.39 is 0 Å². The molecule has 0 aliphatic heterocycles. The van der Waals surface area contributed by atoms with Gasteiger partial charge in [0.25, 0.3) is 0 Å². The fourth-order valence-corrected chi connectivity index (χ4v) is 3.85. The molecule has 4 fully saturated rings. The molecule has 4 aliphatic rings. The van der Waals surface area contributed by atoms with Crippen molar-refractivity contribution in [3.05, 3.63) is 25.7 Å². The molecule has 0 nitrogen and oxygen atoms in total. The summed E-state index contributed by atoms with van der Waals surface area (Å²) < 4.78 is 0. The third-order valence-electron chi connectivity index (χ3n) is 4.77. The fraction of sp³-hybridized carbons (Fsp3) is 0.800. The fourth-order valence-electron chi connectivity index (χ4n) is 3.85. The second kappa shape index (κ2) is 37.1. The first-order chi connectivity index (χ1) is 9.73. The van der Waals surface area contributed by atoms with Gasteiger partial charge < -0.3 is 25.7 Å². The first-order valence-corrected chi connectivity index (χ1v) is 8.88. The van der Waals surface area contributed by atoms with Crippen LogP contribution >= 0.6 is 0 Å². The van der Waals surface area contributed by atoms with Gasteiger partial charge in [0.1, 0.15) is 0 Å². The van der Waals surface area contributed by atoms with Gasteiger partial charge in [-0.3, -0.25) is 0 Å². The molecule has 4 bridgehead atoms. The Hall–Kier alpha value is 5.51. The molecular weight excluding hydrogens is 1710 g/mol. The van der Waals surface area contributed by atoms with E-state index in [0.29, 0.717) is 0 Å². The zero-order chi connectivity index (χ0) is 14.8. The van der Waals surface area contributed by atoms with Crippen LogP contribution in [0.15, 0.2) is 0 Å². The van der Waals surface area contributed by atoms with E-state index in [1.165, 1.54) is 51.4 Å². The Balaban J connectivity index is -0.0000000307. The van der Waals surface area contributed by atoms with Crippen LogP contribution in [0.4, 0.5) is 0 Å². The summed E-state index contributed by atoms with van der Waals surface area (Å²) in [6, 6.07) is 0. The van der Waals surface area contributed by atoms with Crippen molar-refractivity contribution in [1.29, 1.82) is 0 Å². The standard InChI is InChI=1S/2C7H11.2C3H7.8W/c2*1-2-7-4-3-6(1)5-7;2*1-3-2;;;;;;;;/h2*1,6-7H,2-5H2;2*3H,1-2H3;;;;;;;;/q4*-1;;;;;;;2*+2. The van der Waals surface area contributed by atoms with Gasteiger partial charge in [-0.2, -0.15) is 52.4 Å². The minimum atomic E-state index is 0. The smallest absolute Gasteiger partial charge is 0.335 e. The Morgan fingerprint density at radius 2 is 0.786 bits per heavy atom. The molecule has 0 aromatic heterocycles. The molecule has 0 N–H and O–H groups in total. The molecule has 4 rings (SSSR count). The molecule has 8 heteroatoms. The molecule has 0 amide bonds. The molecule has 0 aromatic carbocycles. The molecule has 4 aliphatic carbocycles. The van der Waals surface area contributed by atoms with Crippen LogP contribution in [0.2, 0.25) is 0 Å². The van der Waals surface area contributed by atoms with Crippen LogP contribution in [0.25, 0.3) is 0 Å². The third kappa shape index (κ3) is 26.1. The molecule has 4 atom stereocenters. The maximum absolute atomic E-state index is 2.51. The number of rotatable bonds is 0. The van der Waals surface area contributed by atoms with Gasteiger partial charge in [-0.1, -0.05) is 50.4 Å². The summed E-state index contributed by atoms with van der Waals surface area (Å²) in [6.45, 7) is 8.00. The van der Waals surface area contributed by atoms with Crippen molar-refractivity contribution in [2.75, 3.05) is 0 Å². The minimum absolute atomic E-state index is 0. The van der Waals surface area contributed by atoms with Crippen LogP contribution < -0.4 is 0 Å². The molecular formula is C20H36W8. The van der Waals surface area contributed by atoms with Crippen molar-refractivity contribution in [3.63, 3.8) is 0 Å². The summed E-state index contributed by atoms with van der Waals surface area (Å²) in [5, 5.41) is 0. The molecule has 0 heterocycles. The van der Waals surface area contributed by atoms with Crippen molar-refractivity contribution in [2.24, 2.45) is 23.7 Å². The molecule has 4 unspecified atom stereocenters. The average molecular weight is 1750 g/mol. The second-order valence-corrected chi connectivity index (χ2v) is 6.98. The predicted molar refractivity (Wildman–Crippen MR) is 90.8 cm³/mol. The van der Waals surface area contributed by atoms with E-state index in [0.717, 1.165) is 23.7 Å². The van der Waals surface area contributed by atoms with E-state index in [4.69, 9.17) is 0 Å². The van der Waals surface area contributed by atoms with E-state index in [-0.39, 0.29) is 169 Å². The zero-order valence-corrected chi connectivity index (χ0v) is 41.0. The zero-order valence-electron chi connectivity index (χ0n) is 17.5. The SMILES string of the molecule is C[CH-]C.C[CH-]C.[CH-]1CC2CCC1C2.[CH-]1CC2CCC1C2.[W+2].[W+2].[W].[W].[W].[W].[W].[W]. The van der Waals surface area contributed by atoms with Crippen LogP contribution in [0.1, 0.15) is 79.1 Å². The van der Waals surface area contributed by atoms with Gasteiger partial charge in [-0.05, 0) is 0 Å². The Labute approximate surface area is 292 Å². The van der Waals surface area contributed by atoms with Crippen molar-refractivity contribution >= 4 is 0 Å². The third-order valence-corrected chi connectivity index (χ3v) is 4.77. The van der Waals surface area contributed by atoms with Gasteiger partial charge in [-0.15, -0.1) is 0 Å². The van der Waals surface area contributed by atoms with Crippen molar-refractivity contribution in [2.45, 2.75) is 79.1 Å². The van der Waals surface area contributed by atoms with Gasteiger partial charge in [0.15, 0.2) is 0 Å². The minimum Gasteiger partial charge on any atom is -0.335 e. The molecule has 4 saturated carbocycles. The molecule has 0 saturated heterocycles. The maximum Gasteiger partial charge on any atom is 2.00 e. The maximum atomic E-state index is 2.51. The molecule has 0 spiro atoms. The first-order valence-electron chi connectivity index (χ1n) is 8.88. The van der Waals surface area contributed by atoms with Crippen LogP contribution in [0, 0.1) is 49.4 Å². The van der Waals surface area contributed by atoms with Gasteiger partial charge in [0.05, 0.1) is 0 Å². The summed E-state index contributed by atoms with van der Waals surface area (Å²) in [5.41, 5.74) is 0. The average Bonchev–Trinajstić information content (AvgIpc) is 3.24. The summed E-state index contributed by atoms with van der Waals surface area (Å²) in [7, 11) is 0. The van der Waals surface area contributed by atoms with E-state index in [1.54, 1.807) is 0 Å². The van der Waals surface area contributed by atoms with E-state index in [9.17, 15) is 0 Å². The molecule has 28 heavy (non-hydrogen) atoms. The summed E-state index contributed by atoms with van der Waals surface area (Å²) >= 11 is 0. The van der Waals surface area contributed by atoms with Gasteiger partial charge in [0.2, 0.25) is 0 Å². The van der Waals surface area contributed by atoms with E-state index >= 15 is 0 Å². The van der Waals surface area contributed by atoms with Crippen LogP contribution in [-0.4, -0.2) is 0 Å². The van der Waals surface area contributed by atoms with Gasteiger partial charge in [0, 0.05) is 126 Å². The largest absolute Gasteiger partial charge is 2.00 e. The van der Waals surface area contributed by atoms with Crippen LogP contribution in [-0.2, 0) is 169 Å². The normalized spacial score (nSPS) is 25.3. The summed E-state index contributed by atoms with van der Waals surface area (Å²) in [6.07, 6.45) is 21.0.